The molecule has 0 bridgehead atoms. The van der Waals surface area contributed by atoms with Gasteiger partial charge in [0, 0.05) is 16.9 Å². The highest BCUT2D eigenvalue weighted by Crippen LogP contribution is 2.28. The summed E-state index contributed by atoms with van der Waals surface area (Å²) >= 11 is 1.66. The van der Waals surface area contributed by atoms with E-state index in [9.17, 15) is 0 Å². The van der Waals surface area contributed by atoms with Crippen molar-refractivity contribution < 1.29 is 0 Å². The molecular weight excluding hydrogens is 192 g/mol. The predicted octanol–water partition coefficient (Wildman–Crippen LogP) is 2.95. The molecule has 0 saturated heterocycles. The van der Waals surface area contributed by atoms with Crippen LogP contribution in [0.2, 0.25) is 0 Å². The molecule has 0 fully saturated rings. The fourth-order valence-corrected chi connectivity index (χ4v) is 2.19. The summed E-state index contributed by atoms with van der Waals surface area (Å²) in [5.41, 5.74) is 1.92. The van der Waals surface area contributed by atoms with Gasteiger partial charge in [0.05, 0.1) is 16.8 Å². The molecule has 1 aliphatic rings. The number of rotatable bonds is 1. The van der Waals surface area contributed by atoms with E-state index in [-0.39, 0.29) is 0 Å². The van der Waals surface area contributed by atoms with E-state index in [1.54, 1.807) is 11.3 Å². The van der Waals surface area contributed by atoms with Gasteiger partial charge < -0.3 is 0 Å². The summed E-state index contributed by atoms with van der Waals surface area (Å²) in [5, 5.41) is 11.9. The predicted molar refractivity (Wildman–Crippen MR) is 57.0 cm³/mol. The highest BCUT2D eigenvalue weighted by Gasteiger charge is 2.15. The molecule has 1 unspecified atom stereocenters. The Hall–Kier alpha value is -1.40. The van der Waals surface area contributed by atoms with Crippen LogP contribution in [-0.2, 0) is 0 Å². The highest BCUT2D eigenvalue weighted by atomic mass is 32.1. The Morgan fingerprint density at radius 3 is 3.14 bits per heavy atom. The van der Waals surface area contributed by atoms with Crippen molar-refractivity contribution in [3.8, 4) is 6.07 Å². The third-order valence-corrected chi connectivity index (χ3v) is 3.03. The first kappa shape index (κ1) is 9.17. The Morgan fingerprint density at radius 1 is 1.64 bits per heavy atom. The van der Waals surface area contributed by atoms with Gasteiger partial charge in [0.15, 0.2) is 0 Å². The third kappa shape index (κ3) is 1.75. The van der Waals surface area contributed by atoms with Crippen molar-refractivity contribution in [3.63, 3.8) is 0 Å². The highest BCUT2D eigenvalue weighted by molar-refractivity contribution is 7.09. The van der Waals surface area contributed by atoms with E-state index in [0.717, 1.165) is 22.7 Å². The first-order chi connectivity index (χ1) is 6.79. The zero-order valence-electron chi connectivity index (χ0n) is 7.90. The van der Waals surface area contributed by atoms with Crippen LogP contribution in [0.1, 0.15) is 23.0 Å². The second-order valence-electron chi connectivity index (χ2n) is 3.29. The maximum Gasteiger partial charge on any atom is 0.0947 e. The molecular formula is C11H10N2S. The molecule has 1 aromatic rings. The van der Waals surface area contributed by atoms with Crippen LogP contribution < -0.4 is 0 Å². The van der Waals surface area contributed by atoms with Gasteiger partial charge in [-0.15, -0.1) is 11.3 Å². The lowest BCUT2D eigenvalue weighted by Crippen LogP contribution is -2.00. The Balaban J connectivity index is 2.20. The summed E-state index contributed by atoms with van der Waals surface area (Å²) in [5.74, 6) is 0.291. The number of hydrogen-bond acceptors (Lipinski definition) is 3. The fourth-order valence-electron chi connectivity index (χ4n) is 1.52. The molecule has 3 heteroatoms. The van der Waals surface area contributed by atoms with E-state index in [0.29, 0.717) is 5.92 Å². The minimum Gasteiger partial charge on any atom is -0.246 e. The van der Waals surface area contributed by atoms with Crippen molar-refractivity contribution in [2.24, 2.45) is 0 Å². The van der Waals surface area contributed by atoms with E-state index in [1.165, 1.54) is 0 Å². The van der Waals surface area contributed by atoms with Crippen molar-refractivity contribution in [2.45, 2.75) is 19.3 Å². The van der Waals surface area contributed by atoms with Gasteiger partial charge in [-0.1, -0.05) is 12.2 Å². The van der Waals surface area contributed by atoms with Gasteiger partial charge in [0.1, 0.15) is 0 Å². The van der Waals surface area contributed by atoms with Gasteiger partial charge in [-0.05, 0) is 19.4 Å². The number of nitriles is 1. The normalized spacial score (nSPS) is 20.3. The lowest BCUT2D eigenvalue weighted by atomic mass is 9.93. The molecule has 0 saturated carbocycles. The lowest BCUT2D eigenvalue weighted by molar-refractivity contribution is 0.802. The number of aromatic nitrogens is 1. The van der Waals surface area contributed by atoms with E-state index in [4.69, 9.17) is 5.26 Å². The molecule has 0 spiro atoms. The fraction of sp³-hybridized carbons (Fsp3) is 0.273. The average Bonchev–Trinajstić information content (AvgIpc) is 2.65. The molecule has 1 aromatic heterocycles. The zero-order chi connectivity index (χ0) is 9.97. The third-order valence-electron chi connectivity index (χ3n) is 2.24. The molecule has 0 amide bonds. The first-order valence-corrected chi connectivity index (χ1v) is 5.37. The van der Waals surface area contributed by atoms with Gasteiger partial charge in [0.2, 0.25) is 0 Å². The van der Waals surface area contributed by atoms with E-state index in [1.807, 2.05) is 19.1 Å². The van der Waals surface area contributed by atoms with Crippen molar-refractivity contribution in [3.05, 3.63) is 39.9 Å². The second-order valence-corrected chi connectivity index (χ2v) is 4.35. The number of allylic oxidation sites excluding steroid dienone is 4. The molecule has 14 heavy (non-hydrogen) atoms. The van der Waals surface area contributed by atoms with Gasteiger partial charge >= 0.3 is 0 Å². The minimum atomic E-state index is 0.291. The van der Waals surface area contributed by atoms with Crippen LogP contribution >= 0.6 is 11.3 Å². The quantitative estimate of drug-likeness (QED) is 0.702. The van der Waals surface area contributed by atoms with Crippen LogP contribution in [-0.4, -0.2) is 4.98 Å². The number of nitrogens with zero attached hydrogens (tertiary/aromatic N) is 2. The SMILES string of the molecule is Cc1nc(C2C=CC=C(C#N)C2)cs1. The molecule has 1 atom stereocenters. The van der Waals surface area contributed by atoms with Gasteiger partial charge in [0.25, 0.3) is 0 Å². The second kappa shape index (κ2) is 3.77. The monoisotopic (exact) mass is 202 g/mol. The maximum absolute atomic E-state index is 8.79. The van der Waals surface area contributed by atoms with Crippen LogP contribution in [0, 0.1) is 18.3 Å². The van der Waals surface area contributed by atoms with Crippen molar-refractivity contribution in [1.82, 2.24) is 4.98 Å². The summed E-state index contributed by atoms with van der Waals surface area (Å²) in [7, 11) is 0. The minimum absolute atomic E-state index is 0.291. The standard InChI is InChI=1S/C11H10N2S/c1-8-13-11(7-14-8)10-4-2-3-9(5-10)6-12/h2-4,7,10H,5H2,1H3. The van der Waals surface area contributed by atoms with Gasteiger partial charge in [-0.3, -0.25) is 0 Å². The largest absolute Gasteiger partial charge is 0.246 e. The number of hydrogen-bond donors (Lipinski definition) is 0. The zero-order valence-corrected chi connectivity index (χ0v) is 8.71. The molecule has 1 heterocycles. The molecule has 0 N–H and O–H groups in total. The van der Waals surface area contributed by atoms with Crippen LogP contribution in [0.25, 0.3) is 0 Å². The number of thiazole rings is 1. The van der Waals surface area contributed by atoms with Crippen LogP contribution in [0.3, 0.4) is 0 Å². The molecule has 0 aromatic carbocycles. The summed E-state index contributed by atoms with van der Waals surface area (Å²) in [6.45, 7) is 2.00. The summed E-state index contributed by atoms with van der Waals surface area (Å²) in [6, 6.07) is 2.20. The molecule has 0 aliphatic heterocycles. The lowest BCUT2D eigenvalue weighted by Gasteiger charge is -2.11. The van der Waals surface area contributed by atoms with Gasteiger partial charge in [-0.25, -0.2) is 4.98 Å². The molecule has 0 radical (unpaired) electrons. The Bertz CT molecular complexity index is 434. The average molecular weight is 202 g/mol. The summed E-state index contributed by atoms with van der Waals surface area (Å²) in [6.07, 6.45) is 6.71. The number of aryl methyl sites for hydroxylation is 1. The van der Waals surface area contributed by atoms with Crippen LogP contribution in [0.15, 0.2) is 29.2 Å². The van der Waals surface area contributed by atoms with Crippen molar-refractivity contribution in [1.29, 1.82) is 5.26 Å². The molecule has 1 aliphatic carbocycles. The molecule has 2 rings (SSSR count). The van der Waals surface area contributed by atoms with Crippen LogP contribution in [0.4, 0.5) is 0 Å². The smallest absolute Gasteiger partial charge is 0.0947 e. The topological polar surface area (TPSA) is 36.7 Å². The van der Waals surface area contributed by atoms with E-state index in [2.05, 4.69) is 22.5 Å². The van der Waals surface area contributed by atoms with Gasteiger partial charge in [-0.2, -0.15) is 5.26 Å². The summed E-state index contributed by atoms with van der Waals surface area (Å²) in [4.78, 5) is 4.43. The first-order valence-electron chi connectivity index (χ1n) is 4.49. The Labute approximate surface area is 87.2 Å². The summed E-state index contributed by atoms with van der Waals surface area (Å²) < 4.78 is 0. The maximum atomic E-state index is 8.79. The van der Waals surface area contributed by atoms with E-state index >= 15 is 0 Å². The van der Waals surface area contributed by atoms with Crippen LogP contribution in [0.5, 0.6) is 0 Å². The van der Waals surface area contributed by atoms with Crippen molar-refractivity contribution >= 4 is 11.3 Å². The Kier molecular flexibility index (Phi) is 2.47. The molecule has 70 valence electrons. The van der Waals surface area contributed by atoms with Crippen molar-refractivity contribution in [2.75, 3.05) is 0 Å². The Morgan fingerprint density at radius 2 is 2.50 bits per heavy atom. The van der Waals surface area contributed by atoms with E-state index < -0.39 is 0 Å². The molecule has 2 nitrogen and oxygen atoms in total.